The molecule has 1 saturated carbocycles. The second-order valence-electron chi connectivity index (χ2n) is 8.21. The van der Waals surface area contributed by atoms with Gasteiger partial charge in [-0.25, -0.2) is 4.68 Å². The molecule has 11 nitrogen and oxygen atoms in total. The van der Waals surface area contributed by atoms with Crippen LogP contribution in [0.3, 0.4) is 0 Å². The summed E-state index contributed by atoms with van der Waals surface area (Å²) >= 11 is 1.41. The molecule has 2 heterocycles. The SMILES string of the molecule is O=[N+]([O-])c1ccc(-c2csc(=NC3CCCCC3)n2/N=C/c2cc3c(cc2[N+](=O)[O-])OCO3)cc1. The number of rotatable bonds is 6. The predicted molar refractivity (Wildman–Crippen MR) is 129 cm³/mol. The molecular weight excluding hydrogens is 474 g/mol. The third-order valence-electron chi connectivity index (χ3n) is 5.96. The minimum atomic E-state index is -0.494. The number of hydrogen-bond acceptors (Lipinski definition) is 9. The first-order chi connectivity index (χ1) is 17.0. The van der Waals surface area contributed by atoms with Crippen LogP contribution in [0, 0.1) is 20.2 Å². The number of benzene rings is 2. The third-order valence-corrected chi connectivity index (χ3v) is 6.79. The van der Waals surface area contributed by atoms with E-state index in [0.717, 1.165) is 25.7 Å². The van der Waals surface area contributed by atoms with Crippen LogP contribution in [0.25, 0.3) is 11.3 Å². The van der Waals surface area contributed by atoms with Gasteiger partial charge in [0.05, 0.1) is 39.4 Å². The van der Waals surface area contributed by atoms with E-state index in [0.29, 0.717) is 27.6 Å². The van der Waals surface area contributed by atoms with Gasteiger partial charge in [0, 0.05) is 23.1 Å². The number of ether oxygens (including phenoxy) is 2. The highest BCUT2D eigenvalue weighted by Crippen LogP contribution is 2.37. The predicted octanol–water partition coefficient (Wildman–Crippen LogP) is 4.88. The zero-order chi connectivity index (χ0) is 24.4. The van der Waals surface area contributed by atoms with Crippen LogP contribution >= 0.6 is 11.3 Å². The lowest BCUT2D eigenvalue weighted by atomic mass is 9.96. The average Bonchev–Trinajstić information content (AvgIpc) is 3.49. The molecule has 180 valence electrons. The molecule has 0 spiro atoms. The van der Waals surface area contributed by atoms with Gasteiger partial charge in [-0.3, -0.25) is 25.2 Å². The lowest BCUT2D eigenvalue weighted by molar-refractivity contribution is -0.385. The third kappa shape index (κ3) is 4.78. The van der Waals surface area contributed by atoms with Crippen LogP contribution in [0.1, 0.15) is 37.7 Å². The standard InChI is InChI=1S/C23H21N5O6S/c29-27(30)18-8-6-15(7-9-18)20-13-35-23(25-17-4-2-1-3-5-17)26(20)24-12-16-10-21-22(34-14-33-21)11-19(16)28(31)32/h6-13,17H,1-5,14H2/b24-12+,25-23?. The van der Waals surface area contributed by atoms with Crippen molar-refractivity contribution in [2.24, 2.45) is 10.1 Å². The highest BCUT2D eigenvalue weighted by atomic mass is 32.1. The molecule has 0 saturated heterocycles. The number of nitrogens with zero attached hydrogens (tertiary/aromatic N) is 5. The summed E-state index contributed by atoms with van der Waals surface area (Å²) in [6.45, 7) is 0.00106. The molecule has 0 radical (unpaired) electrons. The van der Waals surface area contributed by atoms with E-state index >= 15 is 0 Å². The van der Waals surface area contributed by atoms with Crippen molar-refractivity contribution in [1.29, 1.82) is 0 Å². The van der Waals surface area contributed by atoms with E-state index in [9.17, 15) is 20.2 Å². The van der Waals surface area contributed by atoms with Crippen LogP contribution in [0.2, 0.25) is 0 Å². The monoisotopic (exact) mass is 495 g/mol. The molecule has 0 amide bonds. The molecular formula is C23H21N5O6S. The maximum absolute atomic E-state index is 11.7. The van der Waals surface area contributed by atoms with Gasteiger partial charge in [0.25, 0.3) is 11.4 Å². The lowest BCUT2D eigenvalue weighted by Gasteiger charge is -2.16. The highest BCUT2D eigenvalue weighted by molar-refractivity contribution is 7.07. The summed E-state index contributed by atoms with van der Waals surface area (Å²) in [6.07, 6.45) is 6.87. The van der Waals surface area contributed by atoms with Crippen molar-refractivity contribution in [3.63, 3.8) is 0 Å². The van der Waals surface area contributed by atoms with Crippen LogP contribution in [-0.2, 0) is 0 Å². The Labute approximate surface area is 203 Å². The van der Waals surface area contributed by atoms with E-state index in [1.807, 2.05) is 5.38 Å². The maximum atomic E-state index is 11.7. The van der Waals surface area contributed by atoms with E-state index in [4.69, 9.17) is 14.5 Å². The molecule has 0 bridgehead atoms. The van der Waals surface area contributed by atoms with Crippen molar-refractivity contribution in [1.82, 2.24) is 4.68 Å². The Morgan fingerprint density at radius 2 is 1.71 bits per heavy atom. The van der Waals surface area contributed by atoms with Gasteiger partial charge in [0.15, 0.2) is 11.5 Å². The molecule has 2 aromatic carbocycles. The minimum Gasteiger partial charge on any atom is -0.454 e. The number of aromatic nitrogens is 1. The van der Waals surface area contributed by atoms with Gasteiger partial charge >= 0.3 is 0 Å². The molecule has 1 aliphatic carbocycles. The van der Waals surface area contributed by atoms with Crippen molar-refractivity contribution in [3.05, 3.63) is 72.4 Å². The molecule has 5 rings (SSSR count). The number of non-ortho nitro benzene ring substituents is 1. The molecule has 1 aliphatic heterocycles. The second kappa shape index (κ2) is 9.66. The maximum Gasteiger partial charge on any atom is 0.282 e. The summed E-state index contributed by atoms with van der Waals surface area (Å²) in [5.41, 5.74) is 1.49. The fourth-order valence-electron chi connectivity index (χ4n) is 4.15. The van der Waals surface area contributed by atoms with Gasteiger partial charge in [0.1, 0.15) is 0 Å². The van der Waals surface area contributed by atoms with Crippen molar-refractivity contribution in [2.45, 2.75) is 38.1 Å². The van der Waals surface area contributed by atoms with Gasteiger partial charge in [-0.15, -0.1) is 11.3 Å². The molecule has 0 atom stereocenters. The van der Waals surface area contributed by atoms with E-state index < -0.39 is 9.85 Å². The van der Waals surface area contributed by atoms with Crippen molar-refractivity contribution in [2.75, 3.05) is 6.79 Å². The van der Waals surface area contributed by atoms with Gasteiger partial charge < -0.3 is 9.47 Å². The molecule has 1 fully saturated rings. The zero-order valence-corrected chi connectivity index (χ0v) is 19.3. The Morgan fingerprint density at radius 3 is 2.40 bits per heavy atom. The van der Waals surface area contributed by atoms with Crippen LogP contribution in [0.5, 0.6) is 11.5 Å². The number of thiazole rings is 1. The molecule has 0 N–H and O–H groups in total. The minimum absolute atomic E-state index is 0.00106. The number of nitro benzene ring substituents is 2. The van der Waals surface area contributed by atoms with Crippen LogP contribution < -0.4 is 14.3 Å². The molecule has 0 unspecified atom stereocenters. The number of fused-ring (bicyclic) bond motifs is 1. The normalized spacial score (nSPS) is 16.2. The Hall–Kier alpha value is -4.06. The smallest absolute Gasteiger partial charge is 0.282 e. The molecule has 35 heavy (non-hydrogen) atoms. The fraction of sp³-hybridized carbons (Fsp3) is 0.304. The summed E-state index contributed by atoms with van der Waals surface area (Å²) in [5.74, 6) is 0.728. The van der Waals surface area contributed by atoms with E-state index in [1.54, 1.807) is 16.8 Å². The lowest BCUT2D eigenvalue weighted by Crippen LogP contribution is -2.19. The summed E-state index contributed by atoms with van der Waals surface area (Å²) in [6, 6.07) is 9.21. The van der Waals surface area contributed by atoms with Gasteiger partial charge in [-0.05, 0) is 31.0 Å². The number of hydrogen-bond donors (Lipinski definition) is 0. The average molecular weight is 496 g/mol. The topological polar surface area (TPSA) is 134 Å². The van der Waals surface area contributed by atoms with Crippen LogP contribution in [0.15, 0.2) is 51.9 Å². The Morgan fingerprint density at radius 1 is 1.00 bits per heavy atom. The van der Waals surface area contributed by atoms with Gasteiger partial charge in [-0.2, -0.15) is 5.10 Å². The van der Waals surface area contributed by atoms with Crippen molar-refractivity contribution < 1.29 is 19.3 Å². The first kappa shape index (κ1) is 22.7. The second-order valence-corrected chi connectivity index (χ2v) is 9.04. The first-order valence-electron chi connectivity index (χ1n) is 11.1. The summed E-state index contributed by atoms with van der Waals surface area (Å²) in [4.78, 5) is 27.3. The summed E-state index contributed by atoms with van der Waals surface area (Å²) < 4.78 is 12.3. The summed E-state index contributed by atoms with van der Waals surface area (Å²) in [7, 11) is 0. The Bertz CT molecular complexity index is 1370. The molecule has 12 heteroatoms. The molecule has 2 aliphatic rings. The zero-order valence-electron chi connectivity index (χ0n) is 18.5. The largest absolute Gasteiger partial charge is 0.454 e. The van der Waals surface area contributed by atoms with E-state index in [2.05, 4.69) is 5.10 Å². The van der Waals surface area contributed by atoms with Crippen molar-refractivity contribution >= 4 is 28.9 Å². The van der Waals surface area contributed by atoms with Gasteiger partial charge in [0.2, 0.25) is 11.6 Å². The van der Waals surface area contributed by atoms with E-state index in [-0.39, 0.29) is 29.8 Å². The van der Waals surface area contributed by atoms with Crippen molar-refractivity contribution in [3.8, 4) is 22.8 Å². The molecule has 3 aromatic rings. The number of nitro groups is 2. The fourth-order valence-corrected chi connectivity index (χ4v) is 5.06. The molecule has 1 aromatic heterocycles. The first-order valence-corrected chi connectivity index (χ1v) is 12.0. The Balaban J connectivity index is 1.59. The van der Waals surface area contributed by atoms with Gasteiger partial charge in [-0.1, -0.05) is 19.3 Å². The van der Waals surface area contributed by atoms with E-state index in [1.165, 1.54) is 48.2 Å². The quantitative estimate of drug-likeness (QED) is 0.272. The van der Waals surface area contributed by atoms with Crippen LogP contribution in [-0.4, -0.2) is 33.6 Å². The Kier molecular flexibility index (Phi) is 6.27. The van der Waals surface area contributed by atoms with Crippen LogP contribution in [0.4, 0.5) is 11.4 Å². The highest BCUT2D eigenvalue weighted by Gasteiger charge is 2.23. The summed E-state index contributed by atoms with van der Waals surface area (Å²) in [5, 5.41) is 29.2.